The van der Waals surface area contributed by atoms with E-state index in [1.54, 1.807) is 0 Å². The van der Waals surface area contributed by atoms with Gasteiger partial charge in [-0.05, 0) is 5.53 Å². The van der Waals surface area contributed by atoms with Gasteiger partial charge in [-0.25, -0.2) is 0 Å². The molecule has 3 amide bonds. The third-order valence-electron chi connectivity index (χ3n) is 2.79. The fourth-order valence-corrected chi connectivity index (χ4v) is 1.53. The van der Waals surface area contributed by atoms with E-state index in [1.165, 1.54) is 14.1 Å². The van der Waals surface area contributed by atoms with Gasteiger partial charge in [0.25, 0.3) is 0 Å². The Morgan fingerprint density at radius 2 is 1.50 bits per heavy atom. The molecule has 3 N–H and O–H groups in total. The Hall–Kier alpha value is -2.36. The van der Waals surface area contributed by atoms with Crippen molar-refractivity contribution in [3.8, 4) is 0 Å². The molecule has 0 aromatic heterocycles. The predicted molar refractivity (Wildman–Crippen MR) is 84.9 cm³/mol. The van der Waals surface area contributed by atoms with Gasteiger partial charge in [-0.1, -0.05) is 5.11 Å². The number of nitrogens with one attached hydrogen (secondary N) is 3. The average molecular weight is 344 g/mol. The van der Waals surface area contributed by atoms with Gasteiger partial charge in [0.1, 0.15) is 6.54 Å². The molecule has 0 bridgehead atoms. The Kier molecular flexibility index (Phi) is 12.8. The third-order valence-corrected chi connectivity index (χ3v) is 2.79. The second kappa shape index (κ2) is 14.2. The van der Waals surface area contributed by atoms with Gasteiger partial charge in [0.2, 0.25) is 17.7 Å². The second-order valence-electron chi connectivity index (χ2n) is 4.65. The van der Waals surface area contributed by atoms with Crippen molar-refractivity contribution in [2.75, 3.05) is 47.1 Å². The smallest absolute Gasteiger partial charge is 0.226 e. The van der Waals surface area contributed by atoms with E-state index in [9.17, 15) is 14.4 Å². The molecule has 0 aliphatic carbocycles. The highest BCUT2D eigenvalue weighted by Crippen LogP contribution is 1.93. The number of amides is 3. The van der Waals surface area contributed by atoms with Crippen molar-refractivity contribution < 1.29 is 23.9 Å². The Morgan fingerprint density at radius 1 is 1.00 bits per heavy atom. The quantitative estimate of drug-likeness (QED) is 0.171. The highest BCUT2D eigenvalue weighted by molar-refractivity contribution is 5.78. The van der Waals surface area contributed by atoms with Crippen LogP contribution in [-0.4, -0.2) is 70.8 Å². The zero-order chi connectivity index (χ0) is 18.2. The van der Waals surface area contributed by atoms with Gasteiger partial charge >= 0.3 is 0 Å². The maximum Gasteiger partial charge on any atom is 0.226 e. The molecule has 0 atom stereocenters. The second-order valence-corrected chi connectivity index (χ2v) is 4.65. The normalized spacial score (nSPS) is 9.96. The van der Waals surface area contributed by atoms with Crippen LogP contribution < -0.4 is 16.0 Å². The molecule has 0 saturated carbocycles. The van der Waals surface area contributed by atoms with Crippen molar-refractivity contribution in [1.82, 2.24) is 16.0 Å². The van der Waals surface area contributed by atoms with Crippen LogP contribution in [0.25, 0.3) is 10.4 Å². The minimum atomic E-state index is -0.485. The fraction of sp³-hybridized carbons (Fsp3) is 0.769. The molecule has 0 radical (unpaired) electrons. The molecule has 0 aliphatic rings. The zero-order valence-electron chi connectivity index (χ0n) is 13.9. The lowest BCUT2D eigenvalue weighted by atomic mass is 10.3. The molecular weight excluding hydrogens is 320 g/mol. The number of azide groups is 1. The highest BCUT2D eigenvalue weighted by atomic mass is 16.5. The summed E-state index contributed by atoms with van der Waals surface area (Å²) < 4.78 is 10.7. The standard InChI is InChI=1S/C13H24N6O5/c1-15-11(20)3-5-23-8-10(18-13(22)7-17-19-14)9-24-6-4-12(21)16-2/h10H,3-9H2,1-2H3,(H,15,20)(H,16,21)(H,18,22). The molecule has 0 saturated heterocycles. The number of hydrogen-bond donors (Lipinski definition) is 3. The van der Waals surface area contributed by atoms with Crippen molar-refractivity contribution >= 4 is 17.7 Å². The first kappa shape index (κ1) is 21.6. The minimum absolute atomic E-state index is 0.124. The fourth-order valence-electron chi connectivity index (χ4n) is 1.53. The van der Waals surface area contributed by atoms with Crippen molar-refractivity contribution in [3.63, 3.8) is 0 Å². The Labute approximate surface area is 140 Å². The van der Waals surface area contributed by atoms with Crippen LogP contribution >= 0.6 is 0 Å². The van der Waals surface area contributed by atoms with Crippen LogP contribution in [0, 0.1) is 0 Å². The summed E-state index contributed by atoms with van der Waals surface area (Å²) in [5, 5.41) is 10.7. The van der Waals surface area contributed by atoms with Gasteiger partial charge in [-0.3, -0.25) is 14.4 Å². The van der Waals surface area contributed by atoms with Crippen LogP contribution in [0.4, 0.5) is 0 Å². The van der Waals surface area contributed by atoms with Crippen LogP contribution in [0.2, 0.25) is 0 Å². The molecule has 24 heavy (non-hydrogen) atoms. The molecule has 0 aliphatic heterocycles. The summed E-state index contributed by atoms with van der Waals surface area (Å²) in [7, 11) is 3.06. The number of rotatable bonds is 13. The Balaban J connectivity index is 4.21. The Morgan fingerprint density at radius 3 is 1.92 bits per heavy atom. The molecule has 0 heterocycles. The lowest BCUT2D eigenvalue weighted by molar-refractivity contribution is -0.124. The molecule has 11 nitrogen and oxygen atoms in total. The van der Waals surface area contributed by atoms with E-state index in [2.05, 4.69) is 26.0 Å². The maximum atomic E-state index is 11.6. The van der Waals surface area contributed by atoms with Crippen LogP contribution in [0.1, 0.15) is 12.8 Å². The summed E-state index contributed by atoms with van der Waals surface area (Å²) in [6.07, 6.45) is 0.404. The summed E-state index contributed by atoms with van der Waals surface area (Å²) in [4.78, 5) is 36.2. The summed E-state index contributed by atoms with van der Waals surface area (Å²) in [5.41, 5.74) is 8.20. The molecular formula is C13H24N6O5. The molecule has 0 unspecified atom stereocenters. The molecule has 0 rings (SSSR count). The third kappa shape index (κ3) is 12.2. The molecule has 0 aromatic rings. The van der Waals surface area contributed by atoms with Gasteiger partial charge in [0.15, 0.2) is 0 Å². The van der Waals surface area contributed by atoms with E-state index in [0.717, 1.165) is 0 Å². The first-order chi connectivity index (χ1) is 11.5. The van der Waals surface area contributed by atoms with Crippen LogP contribution in [0.15, 0.2) is 5.11 Å². The van der Waals surface area contributed by atoms with Gasteiger partial charge in [-0.15, -0.1) is 0 Å². The zero-order valence-corrected chi connectivity index (χ0v) is 13.9. The number of ether oxygens (including phenoxy) is 2. The van der Waals surface area contributed by atoms with Crippen molar-refractivity contribution in [2.45, 2.75) is 18.9 Å². The molecule has 0 aromatic carbocycles. The number of carbonyl (C=O) groups is 3. The van der Waals surface area contributed by atoms with E-state index in [1.807, 2.05) is 0 Å². The van der Waals surface area contributed by atoms with E-state index >= 15 is 0 Å². The van der Waals surface area contributed by atoms with Crippen molar-refractivity contribution in [2.24, 2.45) is 5.11 Å². The average Bonchev–Trinajstić information content (AvgIpc) is 2.59. The monoisotopic (exact) mass is 344 g/mol. The maximum absolute atomic E-state index is 11.6. The largest absolute Gasteiger partial charge is 0.379 e. The topological polar surface area (TPSA) is 155 Å². The highest BCUT2D eigenvalue weighted by Gasteiger charge is 2.13. The predicted octanol–water partition coefficient (Wildman–Crippen LogP) is -0.913. The summed E-state index contributed by atoms with van der Waals surface area (Å²) in [6, 6.07) is -0.485. The van der Waals surface area contributed by atoms with Crippen molar-refractivity contribution in [3.05, 3.63) is 10.4 Å². The summed E-state index contributed by atoms with van der Waals surface area (Å²) in [6.45, 7) is 0.308. The number of hydrogen-bond acceptors (Lipinski definition) is 6. The van der Waals surface area contributed by atoms with Gasteiger partial charge in [0, 0.05) is 31.8 Å². The van der Waals surface area contributed by atoms with Gasteiger partial charge < -0.3 is 25.4 Å². The van der Waals surface area contributed by atoms with E-state index in [-0.39, 0.29) is 57.6 Å². The Bertz CT molecular complexity index is 428. The van der Waals surface area contributed by atoms with E-state index in [0.29, 0.717) is 0 Å². The van der Waals surface area contributed by atoms with E-state index in [4.69, 9.17) is 15.0 Å². The summed E-state index contributed by atoms with van der Waals surface area (Å²) >= 11 is 0. The first-order valence-electron chi connectivity index (χ1n) is 7.40. The minimum Gasteiger partial charge on any atom is -0.379 e. The first-order valence-corrected chi connectivity index (χ1v) is 7.40. The molecule has 0 fully saturated rings. The number of carbonyl (C=O) groups excluding carboxylic acids is 3. The SMILES string of the molecule is CNC(=O)CCOCC(COCCC(=O)NC)NC(=O)CN=[N+]=[N-]. The lowest BCUT2D eigenvalue weighted by Crippen LogP contribution is -2.43. The molecule has 136 valence electrons. The van der Waals surface area contributed by atoms with E-state index < -0.39 is 11.9 Å². The van der Waals surface area contributed by atoms with Gasteiger partial charge in [-0.2, -0.15) is 0 Å². The van der Waals surface area contributed by atoms with Gasteiger partial charge in [0.05, 0.1) is 32.5 Å². The van der Waals surface area contributed by atoms with Crippen LogP contribution in [0.3, 0.4) is 0 Å². The molecule has 11 heteroatoms. The van der Waals surface area contributed by atoms with Crippen LogP contribution in [-0.2, 0) is 23.9 Å². The lowest BCUT2D eigenvalue weighted by Gasteiger charge is -2.18. The summed E-state index contributed by atoms with van der Waals surface area (Å²) in [5.74, 6) is -0.774. The van der Waals surface area contributed by atoms with Crippen LogP contribution in [0.5, 0.6) is 0 Å². The van der Waals surface area contributed by atoms with Crippen molar-refractivity contribution in [1.29, 1.82) is 0 Å². The molecule has 0 spiro atoms. The number of nitrogens with zero attached hydrogens (tertiary/aromatic N) is 3.